The zero-order chi connectivity index (χ0) is 21.6. The summed E-state index contributed by atoms with van der Waals surface area (Å²) in [5.74, 6) is -0.964. The van der Waals surface area contributed by atoms with Crippen LogP contribution in [0.25, 0.3) is 11.3 Å². The molecule has 3 aromatic rings. The van der Waals surface area contributed by atoms with Gasteiger partial charge in [-0.25, -0.2) is 0 Å². The minimum Gasteiger partial charge on any atom is -0.480 e. The summed E-state index contributed by atoms with van der Waals surface area (Å²) >= 11 is 0. The summed E-state index contributed by atoms with van der Waals surface area (Å²) in [5.41, 5.74) is 3.13. The molecule has 160 valence electrons. The molecule has 0 bridgehead atoms. The van der Waals surface area contributed by atoms with Crippen LogP contribution in [-0.2, 0) is 17.8 Å². The number of aryl methyl sites for hydroxylation is 2. The third-order valence-corrected chi connectivity index (χ3v) is 5.31. The molecule has 1 N–H and O–H groups in total. The molecule has 31 heavy (non-hydrogen) atoms. The number of hydrogen-bond donors (Lipinski definition) is 1. The fourth-order valence-electron chi connectivity index (χ4n) is 3.61. The van der Waals surface area contributed by atoms with Gasteiger partial charge < -0.3 is 10.0 Å². The molecule has 1 aliphatic heterocycles. The maximum absolute atomic E-state index is 12.9. The Kier molecular flexibility index (Phi) is 6.32. The minimum atomic E-state index is -0.853. The molecule has 0 aliphatic carbocycles. The van der Waals surface area contributed by atoms with E-state index >= 15 is 0 Å². The first-order chi connectivity index (χ1) is 15.1. The van der Waals surface area contributed by atoms with Crippen molar-refractivity contribution in [3.63, 3.8) is 0 Å². The maximum Gasteiger partial charge on any atom is 0.317 e. The number of piperazine rings is 1. The van der Waals surface area contributed by atoms with Crippen LogP contribution in [0.4, 0.5) is 0 Å². The SMILES string of the molecule is O=C(O)CN1CCN(C(=O)c2cncc(-c3cn(CCc4ccccc4)nn3)c2)CC1. The molecule has 1 saturated heterocycles. The third-order valence-electron chi connectivity index (χ3n) is 5.31. The number of carbonyl (C=O) groups is 2. The summed E-state index contributed by atoms with van der Waals surface area (Å²) in [7, 11) is 0. The van der Waals surface area contributed by atoms with E-state index in [9.17, 15) is 9.59 Å². The van der Waals surface area contributed by atoms with Gasteiger partial charge in [0, 0.05) is 50.7 Å². The number of amides is 1. The minimum absolute atomic E-state index is 0.000990. The second-order valence-electron chi connectivity index (χ2n) is 7.53. The van der Waals surface area contributed by atoms with Gasteiger partial charge in [-0.05, 0) is 18.1 Å². The zero-order valence-corrected chi connectivity index (χ0v) is 17.1. The first kappa shape index (κ1) is 20.7. The van der Waals surface area contributed by atoms with Crippen LogP contribution in [0.1, 0.15) is 15.9 Å². The number of rotatable bonds is 7. The molecule has 9 heteroatoms. The molecule has 0 spiro atoms. The van der Waals surface area contributed by atoms with E-state index in [1.807, 2.05) is 29.3 Å². The van der Waals surface area contributed by atoms with Crippen molar-refractivity contribution in [3.05, 3.63) is 66.1 Å². The average molecular weight is 420 g/mol. The summed E-state index contributed by atoms with van der Waals surface area (Å²) in [6.45, 7) is 2.78. The molecule has 0 unspecified atom stereocenters. The Labute approximate surface area is 179 Å². The van der Waals surface area contributed by atoms with Gasteiger partial charge >= 0.3 is 5.97 Å². The normalized spacial score (nSPS) is 14.5. The monoisotopic (exact) mass is 420 g/mol. The van der Waals surface area contributed by atoms with Crippen LogP contribution >= 0.6 is 0 Å². The van der Waals surface area contributed by atoms with Gasteiger partial charge in [-0.3, -0.25) is 24.2 Å². The number of pyridine rings is 1. The summed E-state index contributed by atoms with van der Waals surface area (Å²) in [5, 5.41) is 17.3. The zero-order valence-electron chi connectivity index (χ0n) is 17.1. The van der Waals surface area contributed by atoms with E-state index in [1.54, 1.807) is 28.0 Å². The van der Waals surface area contributed by atoms with Gasteiger partial charge in [0.1, 0.15) is 5.69 Å². The quantitative estimate of drug-likeness (QED) is 0.616. The second-order valence-corrected chi connectivity index (χ2v) is 7.53. The van der Waals surface area contributed by atoms with Crippen molar-refractivity contribution in [3.8, 4) is 11.3 Å². The molecule has 3 heterocycles. The van der Waals surface area contributed by atoms with Crippen LogP contribution in [-0.4, -0.2) is 79.5 Å². The largest absolute Gasteiger partial charge is 0.480 e. The van der Waals surface area contributed by atoms with Crippen molar-refractivity contribution in [1.82, 2.24) is 29.8 Å². The highest BCUT2D eigenvalue weighted by Crippen LogP contribution is 2.18. The van der Waals surface area contributed by atoms with Crippen molar-refractivity contribution in [2.24, 2.45) is 0 Å². The number of aliphatic carboxylic acids is 1. The van der Waals surface area contributed by atoms with Gasteiger partial charge in [-0.15, -0.1) is 5.10 Å². The lowest BCUT2D eigenvalue weighted by Gasteiger charge is -2.33. The van der Waals surface area contributed by atoms with E-state index in [0.717, 1.165) is 12.0 Å². The highest BCUT2D eigenvalue weighted by molar-refractivity contribution is 5.95. The lowest BCUT2D eigenvalue weighted by Crippen LogP contribution is -2.49. The van der Waals surface area contributed by atoms with E-state index in [1.165, 1.54) is 5.56 Å². The summed E-state index contributed by atoms with van der Waals surface area (Å²) in [4.78, 5) is 31.5. The fraction of sp³-hybridized carbons (Fsp3) is 0.318. The number of carbonyl (C=O) groups excluding carboxylic acids is 1. The van der Waals surface area contributed by atoms with E-state index in [-0.39, 0.29) is 12.5 Å². The van der Waals surface area contributed by atoms with Crippen molar-refractivity contribution >= 4 is 11.9 Å². The van der Waals surface area contributed by atoms with E-state index < -0.39 is 5.97 Å². The van der Waals surface area contributed by atoms with Crippen LogP contribution < -0.4 is 0 Å². The Hall–Kier alpha value is -3.59. The van der Waals surface area contributed by atoms with Gasteiger partial charge in [-0.1, -0.05) is 35.5 Å². The van der Waals surface area contributed by atoms with Gasteiger partial charge in [0.25, 0.3) is 5.91 Å². The molecule has 9 nitrogen and oxygen atoms in total. The van der Waals surface area contributed by atoms with Crippen molar-refractivity contribution in [2.75, 3.05) is 32.7 Å². The first-order valence-corrected chi connectivity index (χ1v) is 10.2. The van der Waals surface area contributed by atoms with Crippen molar-refractivity contribution < 1.29 is 14.7 Å². The predicted molar refractivity (Wildman–Crippen MR) is 113 cm³/mol. The average Bonchev–Trinajstić information content (AvgIpc) is 3.27. The summed E-state index contributed by atoms with van der Waals surface area (Å²) < 4.78 is 1.79. The standard InChI is InChI=1S/C22H24N6O3/c29-21(30)16-26-8-10-27(11-9-26)22(31)19-12-18(13-23-14-19)20-15-28(25-24-20)7-6-17-4-2-1-3-5-17/h1-5,12-15H,6-11,16H2,(H,29,30). The number of aromatic nitrogens is 4. The van der Waals surface area contributed by atoms with Crippen molar-refractivity contribution in [1.29, 1.82) is 0 Å². The van der Waals surface area contributed by atoms with E-state index in [2.05, 4.69) is 27.4 Å². The summed E-state index contributed by atoms with van der Waals surface area (Å²) in [6, 6.07) is 12.0. The van der Waals surface area contributed by atoms with Gasteiger partial charge in [0.15, 0.2) is 0 Å². The molecular formula is C22H24N6O3. The number of hydrogen-bond acceptors (Lipinski definition) is 6. The van der Waals surface area contributed by atoms with Crippen LogP contribution in [0.5, 0.6) is 0 Å². The van der Waals surface area contributed by atoms with Crippen LogP contribution in [0, 0.1) is 0 Å². The Morgan fingerprint density at radius 1 is 1.03 bits per heavy atom. The molecule has 2 aromatic heterocycles. The third kappa shape index (κ3) is 5.32. The Bertz CT molecular complexity index is 1040. The molecule has 1 fully saturated rings. The van der Waals surface area contributed by atoms with Crippen LogP contribution in [0.2, 0.25) is 0 Å². The topological polar surface area (TPSA) is 104 Å². The predicted octanol–water partition coefficient (Wildman–Crippen LogP) is 1.43. The maximum atomic E-state index is 12.9. The summed E-state index contributed by atoms with van der Waals surface area (Å²) in [6.07, 6.45) is 5.94. The van der Waals surface area contributed by atoms with E-state index in [4.69, 9.17) is 5.11 Å². The van der Waals surface area contributed by atoms with Crippen LogP contribution in [0.15, 0.2) is 55.0 Å². The molecule has 1 aromatic carbocycles. The Balaban J connectivity index is 1.39. The Morgan fingerprint density at radius 3 is 2.55 bits per heavy atom. The van der Waals surface area contributed by atoms with Gasteiger partial charge in [-0.2, -0.15) is 0 Å². The lowest BCUT2D eigenvalue weighted by atomic mass is 10.1. The van der Waals surface area contributed by atoms with Crippen LogP contribution in [0.3, 0.4) is 0 Å². The molecular weight excluding hydrogens is 396 g/mol. The number of carboxylic acids is 1. The van der Waals surface area contributed by atoms with E-state index in [0.29, 0.717) is 44.0 Å². The molecule has 0 atom stereocenters. The van der Waals surface area contributed by atoms with Gasteiger partial charge in [0.05, 0.1) is 18.3 Å². The smallest absolute Gasteiger partial charge is 0.317 e. The molecule has 1 aliphatic rings. The number of benzene rings is 1. The number of nitrogens with zero attached hydrogens (tertiary/aromatic N) is 6. The van der Waals surface area contributed by atoms with Crippen molar-refractivity contribution in [2.45, 2.75) is 13.0 Å². The Morgan fingerprint density at radius 2 is 1.81 bits per heavy atom. The first-order valence-electron chi connectivity index (χ1n) is 10.2. The molecule has 1 amide bonds. The van der Waals surface area contributed by atoms with Gasteiger partial charge in [0.2, 0.25) is 0 Å². The lowest BCUT2D eigenvalue weighted by molar-refractivity contribution is -0.138. The highest BCUT2D eigenvalue weighted by atomic mass is 16.4. The second kappa shape index (κ2) is 9.48. The molecule has 0 saturated carbocycles. The molecule has 4 rings (SSSR count). The number of carboxylic acid groups (broad SMARTS) is 1. The fourth-order valence-corrected chi connectivity index (χ4v) is 3.61. The highest BCUT2D eigenvalue weighted by Gasteiger charge is 2.23. The molecule has 0 radical (unpaired) electrons.